The van der Waals surface area contributed by atoms with Gasteiger partial charge in [-0.25, -0.2) is 0 Å². The Bertz CT molecular complexity index is 621. The largest absolute Gasteiger partial charge is 0.330 e. The molecule has 0 saturated heterocycles. The van der Waals surface area contributed by atoms with Crippen LogP contribution in [0, 0.1) is 40.4 Å². The summed E-state index contributed by atoms with van der Waals surface area (Å²) in [7, 11) is -0.705. The summed E-state index contributed by atoms with van der Waals surface area (Å²) < 4.78 is 12.8. The molecule has 2 unspecified atom stereocenters. The zero-order valence-electron chi connectivity index (χ0n) is 17.5. The third-order valence-corrected chi connectivity index (χ3v) is 11.5. The second-order valence-corrected chi connectivity index (χ2v) is 12.6. The lowest BCUT2D eigenvalue weighted by Crippen LogP contribution is -2.56. The number of rotatable bonds is 4. The summed E-state index contributed by atoms with van der Waals surface area (Å²) in [6.45, 7) is 7.94. The highest BCUT2D eigenvalue weighted by Gasteiger charge is 2.61. The molecule has 0 bridgehead atoms. The Hall–Kier alpha value is -0.220. The van der Waals surface area contributed by atoms with Crippen molar-refractivity contribution in [3.8, 4) is 0 Å². The predicted octanol–water partition coefficient (Wildman–Crippen LogP) is 4.31. The number of hydrogen-bond donors (Lipinski definition) is 1. The molecule has 27 heavy (non-hydrogen) atoms. The molecule has 4 aliphatic rings. The van der Waals surface area contributed by atoms with Crippen LogP contribution in [0.5, 0.6) is 0 Å². The standard InChI is InChI=1S/C23H39NO2S/c1-15-13-17-18-5-6-21(25)23(18,3)10-8-19(17)22(2)9-7-16(14-20(15)22)27(26)12-4-11-24/h15-20H,4-14,24H2,1-3H3/t15-,16-,17-,18-,19-,20?,22+,23-,27?/m0/s1. The summed E-state index contributed by atoms with van der Waals surface area (Å²) in [5, 5.41) is 0.385. The van der Waals surface area contributed by atoms with E-state index in [1.807, 2.05) is 0 Å². The van der Waals surface area contributed by atoms with Crippen LogP contribution in [-0.4, -0.2) is 27.5 Å². The normalized spacial score (nSPS) is 50.6. The van der Waals surface area contributed by atoms with Crippen LogP contribution in [0.25, 0.3) is 0 Å². The molecule has 0 aromatic heterocycles. The van der Waals surface area contributed by atoms with Gasteiger partial charge >= 0.3 is 0 Å². The molecule has 4 fully saturated rings. The summed E-state index contributed by atoms with van der Waals surface area (Å²) in [5.74, 6) is 4.88. The maximum absolute atomic E-state index is 12.8. The van der Waals surface area contributed by atoms with Crippen LogP contribution in [0.15, 0.2) is 0 Å². The molecule has 0 aromatic carbocycles. The van der Waals surface area contributed by atoms with Crippen molar-refractivity contribution in [1.29, 1.82) is 0 Å². The molecule has 0 aromatic rings. The summed E-state index contributed by atoms with van der Waals surface area (Å²) >= 11 is 0. The third kappa shape index (κ3) is 3.08. The van der Waals surface area contributed by atoms with Gasteiger partial charge in [-0.15, -0.1) is 0 Å². The van der Waals surface area contributed by atoms with E-state index < -0.39 is 10.8 Å². The fraction of sp³-hybridized carbons (Fsp3) is 0.957. The van der Waals surface area contributed by atoms with E-state index >= 15 is 0 Å². The van der Waals surface area contributed by atoms with E-state index in [1.165, 1.54) is 19.3 Å². The van der Waals surface area contributed by atoms with Gasteiger partial charge in [0, 0.05) is 33.6 Å². The van der Waals surface area contributed by atoms with E-state index in [1.54, 1.807) is 0 Å². The molecule has 3 nitrogen and oxygen atoms in total. The highest BCUT2D eigenvalue weighted by atomic mass is 32.2. The third-order valence-electron chi connectivity index (χ3n) is 9.61. The van der Waals surface area contributed by atoms with E-state index in [0.717, 1.165) is 56.1 Å². The average Bonchev–Trinajstić information content (AvgIpc) is 2.95. The van der Waals surface area contributed by atoms with E-state index in [0.29, 0.717) is 40.7 Å². The summed E-state index contributed by atoms with van der Waals surface area (Å²) in [4.78, 5) is 12.6. The maximum atomic E-state index is 12.8. The molecule has 4 heteroatoms. The smallest absolute Gasteiger partial charge is 0.139 e. The quantitative estimate of drug-likeness (QED) is 0.774. The molecule has 0 radical (unpaired) electrons. The van der Waals surface area contributed by atoms with E-state index in [9.17, 15) is 9.00 Å². The second-order valence-electron chi connectivity index (χ2n) is 10.7. The van der Waals surface area contributed by atoms with Crippen molar-refractivity contribution in [3.05, 3.63) is 0 Å². The fourth-order valence-corrected chi connectivity index (χ4v) is 9.69. The van der Waals surface area contributed by atoms with Crippen molar-refractivity contribution in [1.82, 2.24) is 0 Å². The van der Waals surface area contributed by atoms with Gasteiger partial charge in [0.15, 0.2) is 0 Å². The van der Waals surface area contributed by atoms with Crippen molar-refractivity contribution in [2.24, 2.45) is 46.2 Å². The molecule has 4 saturated carbocycles. The lowest BCUT2D eigenvalue weighted by molar-refractivity contribution is -0.144. The number of hydrogen-bond acceptors (Lipinski definition) is 3. The van der Waals surface area contributed by atoms with Crippen molar-refractivity contribution in [2.45, 2.75) is 83.8 Å². The first-order valence-electron chi connectivity index (χ1n) is 11.4. The van der Waals surface area contributed by atoms with E-state index in [4.69, 9.17) is 5.73 Å². The van der Waals surface area contributed by atoms with Crippen LogP contribution in [0.1, 0.15) is 78.6 Å². The highest BCUT2D eigenvalue weighted by molar-refractivity contribution is 7.85. The number of fused-ring (bicyclic) bond motifs is 5. The monoisotopic (exact) mass is 393 g/mol. The lowest BCUT2D eigenvalue weighted by atomic mass is 9.43. The van der Waals surface area contributed by atoms with Gasteiger partial charge in [-0.05, 0) is 92.9 Å². The molecule has 9 atom stereocenters. The molecule has 4 aliphatic carbocycles. The van der Waals surface area contributed by atoms with Gasteiger partial charge in [0.2, 0.25) is 0 Å². The molecular formula is C23H39NO2S. The first kappa shape index (κ1) is 20.1. The molecule has 0 spiro atoms. The summed E-state index contributed by atoms with van der Waals surface area (Å²) in [6.07, 6.45) is 10.0. The van der Waals surface area contributed by atoms with Crippen LogP contribution in [-0.2, 0) is 15.6 Å². The Kier molecular flexibility index (Phi) is 5.38. The number of ketones is 1. The minimum atomic E-state index is -0.705. The zero-order valence-corrected chi connectivity index (χ0v) is 18.4. The van der Waals surface area contributed by atoms with Gasteiger partial charge in [0.25, 0.3) is 0 Å². The first-order chi connectivity index (χ1) is 12.8. The van der Waals surface area contributed by atoms with Crippen LogP contribution in [0.3, 0.4) is 0 Å². The Morgan fingerprint density at radius 3 is 2.59 bits per heavy atom. The van der Waals surface area contributed by atoms with Gasteiger partial charge in [0.1, 0.15) is 5.78 Å². The topological polar surface area (TPSA) is 60.2 Å². The molecule has 0 amide bonds. The van der Waals surface area contributed by atoms with Crippen molar-refractivity contribution < 1.29 is 9.00 Å². The minimum Gasteiger partial charge on any atom is -0.330 e. The van der Waals surface area contributed by atoms with E-state index in [2.05, 4.69) is 20.8 Å². The number of carbonyl (C=O) groups is 1. The van der Waals surface area contributed by atoms with Crippen molar-refractivity contribution >= 4 is 16.6 Å². The van der Waals surface area contributed by atoms with Gasteiger partial charge in [-0.3, -0.25) is 9.00 Å². The van der Waals surface area contributed by atoms with Crippen LogP contribution < -0.4 is 5.73 Å². The Labute approximate surface area is 168 Å². The van der Waals surface area contributed by atoms with Gasteiger partial charge in [0.05, 0.1) is 0 Å². The second kappa shape index (κ2) is 7.23. The maximum Gasteiger partial charge on any atom is 0.139 e. The number of nitrogens with two attached hydrogens (primary N) is 1. The number of carbonyl (C=O) groups excluding carboxylic acids is 1. The highest BCUT2D eigenvalue weighted by Crippen LogP contribution is 2.66. The van der Waals surface area contributed by atoms with Crippen LogP contribution in [0.4, 0.5) is 0 Å². The predicted molar refractivity (Wildman–Crippen MR) is 112 cm³/mol. The number of Topliss-reactive ketones (excluding diaryl/α,β-unsaturated/α-hetero) is 1. The molecule has 154 valence electrons. The summed E-state index contributed by atoms with van der Waals surface area (Å²) in [5.41, 5.74) is 6.00. The summed E-state index contributed by atoms with van der Waals surface area (Å²) in [6, 6.07) is 0. The molecule has 2 N–H and O–H groups in total. The Balaban J connectivity index is 1.54. The Morgan fingerprint density at radius 2 is 1.85 bits per heavy atom. The molecular weight excluding hydrogens is 354 g/mol. The molecule has 0 aliphatic heterocycles. The molecule has 0 heterocycles. The zero-order chi connectivity index (χ0) is 19.4. The fourth-order valence-electron chi connectivity index (χ4n) is 8.10. The average molecular weight is 394 g/mol. The Morgan fingerprint density at radius 1 is 1.07 bits per heavy atom. The van der Waals surface area contributed by atoms with Gasteiger partial charge in [-0.1, -0.05) is 20.8 Å². The molecule has 4 rings (SSSR count). The van der Waals surface area contributed by atoms with E-state index in [-0.39, 0.29) is 5.41 Å². The first-order valence-corrected chi connectivity index (χ1v) is 12.8. The van der Waals surface area contributed by atoms with Gasteiger partial charge in [-0.2, -0.15) is 0 Å². The lowest BCUT2D eigenvalue weighted by Gasteiger charge is -2.62. The van der Waals surface area contributed by atoms with Crippen LogP contribution >= 0.6 is 0 Å². The van der Waals surface area contributed by atoms with Crippen LogP contribution in [0.2, 0.25) is 0 Å². The minimum absolute atomic E-state index is 0.0228. The van der Waals surface area contributed by atoms with Crippen molar-refractivity contribution in [3.63, 3.8) is 0 Å². The van der Waals surface area contributed by atoms with Crippen molar-refractivity contribution in [2.75, 3.05) is 12.3 Å². The SMILES string of the molecule is C[C@H]1C[C@@H]2[C@H](CC[C@]3(C)C(=O)CC[C@@H]23)[C@@]2(C)CC[C@H](S(=O)CCCN)CC12. The van der Waals surface area contributed by atoms with Gasteiger partial charge < -0.3 is 5.73 Å².